The van der Waals surface area contributed by atoms with Gasteiger partial charge >= 0.3 is 12.2 Å². The summed E-state index contributed by atoms with van der Waals surface area (Å²) in [7, 11) is 0. The van der Waals surface area contributed by atoms with Crippen LogP contribution in [0.4, 0.5) is 9.59 Å². The van der Waals surface area contributed by atoms with Gasteiger partial charge in [-0.3, -0.25) is 0 Å². The zero-order chi connectivity index (χ0) is 16.0. The summed E-state index contributed by atoms with van der Waals surface area (Å²) in [5, 5.41) is 12.3. The molecule has 120 valence electrons. The van der Waals surface area contributed by atoms with Crippen LogP contribution >= 0.6 is 0 Å². The van der Waals surface area contributed by atoms with Crippen molar-refractivity contribution in [2.24, 2.45) is 0 Å². The summed E-state index contributed by atoms with van der Waals surface area (Å²) in [6, 6.07) is -0.314. The second-order valence-corrected chi connectivity index (χ2v) is 5.94. The minimum atomic E-state index is -0.617. The fraction of sp³-hybridized carbons (Fsp3) is 0.714. The number of ether oxygens (including phenoxy) is 2. The Balaban J connectivity index is 2.52. The summed E-state index contributed by atoms with van der Waals surface area (Å²) in [5.74, 6) is 0. The average molecular weight is 300 g/mol. The topological polar surface area (TPSA) is 88.1 Å². The van der Waals surface area contributed by atoms with Crippen molar-refractivity contribution < 1.29 is 24.2 Å². The van der Waals surface area contributed by atoms with E-state index in [4.69, 9.17) is 9.47 Å². The van der Waals surface area contributed by atoms with Crippen LogP contribution < -0.4 is 5.32 Å². The molecule has 0 aromatic rings. The number of β-amino-alcohol motifs (C(OH)–C–C–N with tert-alkyl or cyclic N) is 1. The van der Waals surface area contributed by atoms with Crippen LogP contribution in [0.25, 0.3) is 0 Å². The van der Waals surface area contributed by atoms with Crippen LogP contribution in [-0.2, 0) is 9.47 Å². The maximum absolute atomic E-state index is 12.1. The van der Waals surface area contributed by atoms with Gasteiger partial charge in [-0.25, -0.2) is 9.59 Å². The summed E-state index contributed by atoms with van der Waals surface area (Å²) in [6.45, 7) is 9.29. The van der Waals surface area contributed by atoms with E-state index < -0.39 is 23.9 Å². The van der Waals surface area contributed by atoms with Gasteiger partial charge in [0.25, 0.3) is 0 Å². The molecule has 1 heterocycles. The molecule has 0 aromatic heterocycles. The summed E-state index contributed by atoms with van der Waals surface area (Å²) in [6.07, 6.45) is 0.159. The highest BCUT2D eigenvalue weighted by molar-refractivity contribution is 5.70. The highest BCUT2D eigenvalue weighted by Gasteiger charge is 2.36. The predicted molar refractivity (Wildman–Crippen MR) is 76.9 cm³/mol. The molecule has 0 bridgehead atoms. The Morgan fingerprint density at radius 1 is 1.48 bits per heavy atom. The van der Waals surface area contributed by atoms with E-state index in [1.165, 1.54) is 11.0 Å². The number of aliphatic hydroxyl groups excluding tert-OH is 1. The molecule has 1 aliphatic heterocycles. The predicted octanol–water partition coefficient (Wildman–Crippen LogP) is 1.27. The van der Waals surface area contributed by atoms with Crippen molar-refractivity contribution in [1.29, 1.82) is 0 Å². The molecule has 1 aliphatic rings. The number of aliphatic hydroxyl groups is 1. The highest BCUT2D eigenvalue weighted by atomic mass is 16.6. The quantitative estimate of drug-likeness (QED) is 0.763. The molecule has 2 N–H and O–H groups in total. The lowest BCUT2D eigenvalue weighted by Gasteiger charge is -2.28. The van der Waals surface area contributed by atoms with Crippen LogP contribution in [0, 0.1) is 0 Å². The van der Waals surface area contributed by atoms with E-state index in [9.17, 15) is 14.7 Å². The second kappa shape index (κ2) is 7.31. The smallest absolute Gasteiger partial charge is 0.410 e. The van der Waals surface area contributed by atoms with Crippen molar-refractivity contribution in [1.82, 2.24) is 10.2 Å². The number of carbonyl (C=O) groups is 2. The number of hydrogen-bond donors (Lipinski definition) is 2. The van der Waals surface area contributed by atoms with Crippen molar-refractivity contribution in [2.75, 3.05) is 19.7 Å². The van der Waals surface area contributed by atoms with E-state index >= 15 is 0 Å². The van der Waals surface area contributed by atoms with E-state index in [-0.39, 0.29) is 25.7 Å². The first kappa shape index (κ1) is 17.3. The van der Waals surface area contributed by atoms with Crippen LogP contribution in [0.3, 0.4) is 0 Å². The summed E-state index contributed by atoms with van der Waals surface area (Å²) in [5.41, 5.74) is -0.606. The SMILES string of the molecule is C=CCOC(=O)NC[C@H]1C[C@H](O)CN1C(=O)OC(C)(C)C. The lowest BCUT2D eigenvalue weighted by atomic mass is 10.2. The fourth-order valence-electron chi connectivity index (χ4n) is 2.02. The van der Waals surface area contributed by atoms with E-state index in [2.05, 4.69) is 11.9 Å². The van der Waals surface area contributed by atoms with Crippen LogP contribution in [0.1, 0.15) is 27.2 Å². The van der Waals surface area contributed by atoms with Gasteiger partial charge in [-0.2, -0.15) is 0 Å². The molecule has 2 amide bonds. The van der Waals surface area contributed by atoms with Gasteiger partial charge in [0.1, 0.15) is 12.2 Å². The molecule has 1 fully saturated rings. The third-order valence-corrected chi connectivity index (χ3v) is 2.83. The fourth-order valence-corrected chi connectivity index (χ4v) is 2.02. The Kier molecular flexibility index (Phi) is 6.02. The number of carbonyl (C=O) groups excluding carboxylic acids is 2. The molecule has 0 unspecified atom stereocenters. The minimum absolute atomic E-state index is 0.120. The molecule has 2 atom stereocenters. The normalized spacial score (nSPS) is 21.8. The standard InChI is InChI=1S/C14H24N2O5/c1-5-6-20-12(18)15-8-10-7-11(17)9-16(10)13(19)21-14(2,3)4/h5,10-11,17H,1,6-9H2,2-4H3,(H,15,18)/t10-,11+/m1/s1. The first-order chi connectivity index (χ1) is 9.73. The van der Waals surface area contributed by atoms with Crippen molar-refractivity contribution >= 4 is 12.2 Å². The van der Waals surface area contributed by atoms with E-state index in [0.717, 1.165) is 0 Å². The number of alkyl carbamates (subject to hydrolysis) is 1. The third-order valence-electron chi connectivity index (χ3n) is 2.83. The number of rotatable bonds is 4. The van der Waals surface area contributed by atoms with Crippen molar-refractivity contribution in [3.63, 3.8) is 0 Å². The first-order valence-electron chi connectivity index (χ1n) is 6.92. The summed E-state index contributed by atoms with van der Waals surface area (Å²) >= 11 is 0. The molecular weight excluding hydrogens is 276 g/mol. The maximum atomic E-state index is 12.1. The van der Waals surface area contributed by atoms with E-state index in [1.807, 2.05) is 0 Å². The van der Waals surface area contributed by atoms with Crippen molar-refractivity contribution in [2.45, 2.75) is 44.9 Å². The van der Waals surface area contributed by atoms with Crippen LogP contribution in [0.15, 0.2) is 12.7 Å². The number of hydrogen-bond acceptors (Lipinski definition) is 5. The minimum Gasteiger partial charge on any atom is -0.445 e. The number of likely N-dealkylation sites (tertiary alicyclic amines) is 1. The van der Waals surface area contributed by atoms with Gasteiger partial charge in [0.05, 0.1) is 18.7 Å². The summed E-state index contributed by atoms with van der Waals surface area (Å²) < 4.78 is 10.1. The largest absolute Gasteiger partial charge is 0.445 e. The van der Waals surface area contributed by atoms with Gasteiger partial charge in [0.15, 0.2) is 0 Å². The lowest BCUT2D eigenvalue weighted by molar-refractivity contribution is 0.0207. The highest BCUT2D eigenvalue weighted by Crippen LogP contribution is 2.20. The summed E-state index contributed by atoms with van der Waals surface area (Å²) in [4.78, 5) is 24.9. The maximum Gasteiger partial charge on any atom is 0.410 e. The number of amides is 2. The third kappa shape index (κ3) is 6.03. The van der Waals surface area contributed by atoms with E-state index in [0.29, 0.717) is 6.42 Å². The van der Waals surface area contributed by atoms with Crippen LogP contribution in [-0.4, -0.2) is 59.6 Å². The molecule has 7 nitrogen and oxygen atoms in total. The Bertz CT molecular complexity index is 391. The molecule has 1 rings (SSSR count). The van der Waals surface area contributed by atoms with Gasteiger partial charge in [-0.1, -0.05) is 12.7 Å². The molecule has 0 aromatic carbocycles. The lowest BCUT2D eigenvalue weighted by Crippen LogP contribution is -2.45. The van der Waals surface area contributed by atoms with E-state index in [1.54, 1.807) is 20.8 Å². The average Bonchev–Trinajstić information content (AvgIpc) is 2.73. The Morgan fingerprint density at radius 3 is 2.71 bits per heavy atom. The number of nitrogens with one attached hydrogen (secondary N) is 1. The molecular formula is C14H24N2O5. The van der Waals surface area contributed by atoms with Gasteiger partial charge < -0.3 is 24.8 Å². The molecule has 0 radical (unpaired) electrons. The van der Waals surface area contributed by atoms with Gasteiger partial charge in [0.2, 0.25) is 0 Å². The Hall–Kier alpha value is -1.76. The van der Waals surface area contributed by atoms with Gasteiger partial charge in [-0.05, 0) is 27.2 Å². The first-order valence-corrected chi connectivity index (χ1v) is 6.92. The monoisotopic (exact) mass is 300 g/mol. The van der Waals surface area contributed by atoms with Crippen LogP contribution in [0.2, 0.25) is 0 Å². The Morgan fingerprint density at radius 2 is 2.14 bits per heavy atom. The Labute approximate surface area is 124 Å². The van der Waals surface area contributed by atoms with Crippen molar-refractivity contribution in [3.8, 4) is 0 Å². The zero-order valence-corrected chi connectivity index (χ0v) is 12.8. The molecule has 0 spiro atoms. The molecule has 0 saturated carbocycles. The molecule has 7 heteroatoms. The van der Waals surface area contributed by atoms with Crippen LogP contribution in [0.5, 0.6) is 0 Å². The number of nitrogens with zero attached hydrogens (tertiary/aromatic N) is 1. The second-order valence-electron chi connectivity index (χ2n) is 5.94. The molecule has 1 saturated heterocycles. The molecule has 0 aliphatic carbocycles. The molecule has 21 heavy (non-hydrogen) atoms. The van der Waals surface area contributed by atoms with Gasteiger partial charge in [-0.15, -0.1) is 0 Å². The zero-order valence-electron chi connectivity index (χ0n) is 12.8. The van der Waals surface area contributed by atoms with Gasteiger partial charge in [0, 0.05) is 6.54 Å². The van der Waals surface area contributed by atoms with Crippen molar-refractivity contribution in [3.05, 3.63) is 12.7 Å².